The Bertz CT molecular complexity index is 971. The number of morpholine rings is 1. The first-order valence-electron chi connectivity index (χ1n) is 11.5. The molecule has 2 aromatic rings. The molecule has 8 heteroatoms. The van der Waals surface area contributed by atoms with Crippen molar-refractivity contribution in [3.8, 4) is 11.5 Å². The zero-order valence-electron chi connectivity index (χ0n) is 18.6. The number of ether oxygens (including phenoxy) is 3. The molecule has 8 nitrogen and oxygen atoms in total. The third-order valence-electron chi connectivity index (χ3n) is 6.45. The third-order valence-corrected chi connectivity index (χ3v) is 6.45. The third kappa shape index (κ3) is 4.67. The number of carbonyl (C=O) groups is 2. The number of nitrogens with zero attached hydrogens (tertiary/aromatic N) is 3. The molecule has 2 amide bonds. The first-order valence-corrected chi connectivity index (χ1v) is 11.5. The molecule has 0 saturated carbocycles. The maximum atomic E-state index is 13.5. The lowest BCUT2D eigenvalue weighted by atomic mass is 10.0. The summed E-state index contributed by atoms with van der Waals surface area (Å²) < 4.78 is 17.1. The van der Waals surface area contributed by atoms with Gasteiger partial charge in [-0.3, -0.25) is 14.5 Å². The molecule has 0 radical (unpaired) electrons. The molecule has 5 rings (SSSR count). The molecule has 0 spiro atoms. The summed E-state index contributed by atoms with van der Waals surface area (Å²) in [5.74, 6) is 1.30. The molecule has 3 heterocycles. The van der Waals surface area contributed by atoms with Crippen LogP contribution in [-0.4, -0.2) is 91.7 Å². The van der Waals surface area contributed by atoms with Crippen LogP contribution in [0.1, 0.15) is 11.6 Å². The number of para-hydroxylation sites is 2. The van der Waals surface area contributed by atoms with Gasteiger partial charge in [0.2, 0.25) is 12.0 Å². The van der Waals surface area contributed by atoms with Crippen LogP contribution in [0.3, 0.4) is 0 Å². The first-order chi connectivity index (χ1) is 16.2. The Morgan fingerprint density at radius 3 is 2.18 bits per heavy atom. The van der Waals surface area contributed by atoms with Crippen LogP contribution in [0.25, 0.3) is 0 Å². The number of piperazine rings is 1. The number of amides is 2. The Morgan fingerprint density at radius 2 is 1.45 bits per heavy atom. The van der Waals surface area contributed by atoms with E-state index in [1.807, 2.05) is 64.4 Å². The fraction of sp³-hybridized carbons (Fsp3) is 0.440. The molecule has 0 aliphatic carbocycles. The van der Waals surface area contributed by atoms with Gasteiger partial charge in [-0.2, -0.15) is 0 Å². The second-order valence-corrected chi connectivity index (χ2v) is 8.48. The van der Waals surface area contributed by atoms with Crippen molar-refractivity contribution >= 4 is 11.8 Å². The fourth-order valence-electron chi connectivity index (χ4n) is 4.65. The molecule has 33 heavy (non-hydrogen) atoms. The van der Waals surface area contributed by atoms with Crippen molar-refractivity contribution in [2.24, 2.45) is 0 Å². The second kappa shape index (κ2) is 9.80. The SMILES string of the molecule is O=C([C@@H]1COc2ccccc2O1)N1CCN([C@H](C(=O)N2CCOCC2)c2ccccc2)CC1. The average Bonchev–Trinajstić information content (AvgIpc) is 2.89. The van der Waals surface area contributed by atoms with Crippen molar-refractivity contribution in [2.45, 2.75) is 12.1 Å². The summed E-state index contributed by atoms with van der Waals surface area (Å²) in [4.78, 5) is 32.5. The largest absolute Gasteiger partial charge is 0.485 e. The van der Waals surface area contributed by atoms with E-state index in [1.165, 1.54) is 0 Å². The van der Waals surface area contributed by atoms with Crippen LogP contribution >= 0.6 is 0 Å². The van der Waals surface area contributed by atoms with Crippen LogP contribution in [0.5, 0.6) is 11.5 Å². The normalized spacial score (nSPS) is 22.0. The van der Waals surface area contributed by atoms with Gasteiger partial charge in [-0.1, -0.05) is 42.5 Å². The predicted molar refractivity (Wildman–Crippen MR) is 121 cm³/mol. The molecule has 0 unspecified atom stereocenters. The van der Waals surface area contributed by atoms with Gasteiger partial charge in [-0.05, 0) is 17.7 Å². The lowest BCUT2D eigenvalue weighted by molar-refractivity contribution is -0.146. The number of rotatable bonds is 4. The van der Waals surface area contributed by atoms with E-state index in [4.69, 9.17) is 14.2 Å². The Balaban J connectivity index is 1.25. The van der Waals surface area contributed by atoms with Gasteiger partial charge >= 0.3 is 0 Å². The highest BCUT2D eigenvalue weighted by Gasteiger charge is 2.37. The lowest BCUT2D eigenvalue weighted by Crippen LogP contribution is -2.56. The molecule has 2 saturated heterocycles. The van der Waals surface area contributed by atoms with E-state index in [2.05, 4.69) is 4.90 Å². The molecule has 2 atom stereocenters. The number of benzene rings is 2. The maximum Gasteiger partial charge on any atom is 0.267 e. The van der Waals surface area contributed by atoms with Gasteiger partial charge in [0.25, 0.3) is 5.91 Å². The van der Waals surface area contributed by atoms with Crippen molar-refractivity contribution in [1.29, 1.82) is 0 Å². The van der Waals surface area contributed by atoms with Gasteiger partial charge in [0, 0.05) is 39.3 Å². The maximum absolute atomic E-state index is 13.5. The van der Waals surface area contributed by atoms with Crippen molar-refractivity contribution in [1.82, 2.24) is 14.7 Å². The topological polar surface area (TPSA) is 71.6 Å². The predicted octanol–water partition coefficient (Wildman–Crippen LogP) is 1.57. The molecule has 0 N–H and O–H groups in total. The summed E-state index contributed by atoms with van der Waals surface area (Å²) in [5.41, 5.74) is 0.981. The molecular weight excluding hydrogens is 422 g/mol. The van der Waals surface area contributed by atoms with Crippen LogP contribution in [0.4, 0.5) is 0 Å². The molecule has 174 valence electrons. The number of fused-ring (bicyclic) bond motifs is 1. The number of carbonyl (C=O) groups excluding carboxylic acids is 2. The Morgan fingerprint density at radius 1 is 0.788 bits per heavy atom. The summed E-state index contributed by atoms with van der Waals surface area (Å²) in [6, 6.07) is 16.9. The van der Waals surface area contributed by atoms with E-state index in [9.17, 15) is 9.59 Å². The van der Waals surface area contributed by atoms with Crippen molar-refractivity contribution in [2.75, 3.05) is 59.1 Å². The number of hydrogen-bond donors (Lipinski definition) is 0. The molecule has 3 aliphatic heterocycles. The van der Waals surface area contributed by atoms with Crippen molar-refractivity contribution in [3.63, 3.8) is 0 Å². The van der Waals surface area contributed by atoms with Crippen LogP contribution < -0.4 is 9.47 Å². The summed E-state index contributed by atoms with van der Waals surface area (Å²) in [6.07, 6.45) is -0.647. The zero-order chi connectivity index (χ0) is 22.6. The van der Waals surface area contributed by atoms with E-state index in [0.717, 1.165) is 5.56 Å². The average molecular weight is 452 g/mol. The molecule has 0 bridgehead atoms. The smallest absolute Gasteiger partial charge is 0.267 e. The summed E-state index contributed by atoms with van der Waals surface area (Å²) in [5, 5.41) is 0. The van der Waals surface area contributed by atoms with Crippen molar-refractivity contribution in [3.05, 3.63) is 60.2 Å². The van der Waals surface area contributed by atoms with E-state index in [1.54, 1.807) is 0 Å². The fourth-order valence-corrected chi connectivity index (χ4v) is 4.65. The van der Waals surface area contributed by atoms with E-state index in [0.29, 0.717) is 64.0 Å². The summed E-state index contributed by atoms with van der Waals surface area (Å²) in [6.45, 7) is 4.89. The molecular formula is C25H29N3O5. The summed E-state index contributed by atoms with van der Waals surface area (Å²) >= 11 is 0. The van der Waals surface area contributed by atoms with Crippen LogP contribution in [0.15, 0.2) is 54.6 Å². The standard InChI is InChI=1S/C25H29N3O5/c29-24(22-18-32-20-8-4-5-9-21(20)33-22)27-12-10-26(11-13-27)23(19-6-2-1-3-7-19)25(30)28-14-16-31-17-15-28/h1-9,22-23H,10-18H2/t22-,23-/m0/s1. The van der Waals surface area contributed by atoms with Crippen LogP contribution in [0.2, 0.25) is 0 Å². The van der Waals surface area contributed by atoms with E-state index >= 15 is 0 Å². The molecule has 3 aliphatic rings. The van der Waals surface area contributed by atoms with E-state index in [-0.39, 0.29) is 24.5 Å². The minimum atomic E-state index is -0.647. The highest BCUT2D eigenvalue weighted by atomic mass is 16.6. The van der Waals surface area contributed by atoms with Gasteiger partial charge in [0.1, 0.15) is 12.6 Å². The minimum Gasteiger partial charge on any atom is -0.485 e. The molecule has 2 fully saturated rings. The Hall–Kier alpha value is -3.10. The van der Waals surface area contributed by atoms with Crippen LogP contribution in [0, 0.1) is 0 Å². The van der Waals surface area contributed by atoms with Gasteiger partial charge in [-0.15, -0.1) is 0 Å². The lowest BCUT2D eigenvalue weighted by Gasteiger charge is -2.41. The minimum absolute atomic E-state index is 0.0695. The number of hydrogen-bond acceptors (Lipinski definition) is 6. The van der Waals surface area contributed by atoms with Gasteiger partial charge in [0.15, 0.2) is 11.5 Å². The highest BCUT2D eigenvalue weighted by molar-refractivity contribution is 5.84. The summed E-state index contributed by atoms with van der Waals surface area (Å²) in [7, 11) is 0. The Labute approximate surface area is 193 Å². The van der Waals surface area contributed by atoms with Gasteiger partial charge in [-0.25, -0.2) is 0 Å². The van der Waals surface area contributed by atoms with Gasteiger partial charge < -0.3 is 24.0 Å². The Kier molecular flexibility index (Phi) is 6.46. The van der Waals surface area contributed by atoms with Gasteiger partial charge in [0.05, 0.1) is 13.2 Å². The van der Waals surface area contributed by atoms with Crippen LogP contribution in [-0.2, 0) is 14.3 Å². The molecule has 2 aromatic carbocycles. The monoisotopic (exact) mass is 451 g/mol. The van der Waals surface area contributed by atoms with Crippen molar-refractivity contribution < 1.29 is 23.8 Å². The first kappa shape index (κ1) is 21.7. The highest BCUT2D eigenvalue weighted by Crippen LogP contribution is 2.32. The van der Waals surface area contributed by atoms with E-state index < -0.39 is 6.10 Å². The zero-order valence-corrected chi connectivity index (χ0v) is 18.6. The molecule has 0 aromatic heterocycles. The quantitative estimate of drug-likeness (QED) is 0.703. The second-order valence-electron chi connectivity index (χ2n) is 8.48.